The summed E-state index contributed by atoms with van der Waals surface area (Å²) in [4.78, 5) is 50.3. The molecular formula is C17H17N3O5. The lowest BCUT2D eigenvalue weighted by Gasteiger charge is -2.26. The van der Waals surface area contributed by atoms with Crippen molar-refractivity contribution < 1.29 is 14.3 Å². The lowest BCUT2D eigenvalue weighted by Crippen LogP contribution is -2.34. The summed E-state index contributed by atoms with van der Waals surface area (Å²) >= 11 is 0. The van der Waals surface area contributed by atoms with Crippen molar-refractivity contribution in [3.05, 3.63) is 68.0 Å². The Labute approximate surface area is 142 Å². The summed E-state index contributed by atoms with van der Waals surface area (Å²) in [6.07, 6.45) is 2.77. The molecule has 1 aromatic carbocycles. The van der Waals surface area contributed by atoms with E-state index in [-0.39, 0.29) is 11.7 Å². The Morgan fingerprint density at radius 2 is 2.00 bits per heavy atom. The molecule has 0 saturated carbocycles. The fourth-order valence-electron chi connectivity index (χ4n) is 2.93. The SMILES string of the molecule is O=C(COC(=O)c1cc(=O)[nH]c(=O)[nH]1)NC1CCCc2ccccc21. The topological polar surface area (TPSA) is 121 Å². The number of nitrogens with one attached hydrogen (secondary N) is 3. The van der Waals surface area contributed by atoms with Gasteiger partial charge in [-0.2, -0.15) is 0 Å². The molecule has 0 radical (unpaired) electrons. The van der Waals surface area contributed by atoms with Crippen LogP contribution in [0.4, 0.5) is 0 Å². The monoisotopic (exact) mass is 343 g/mol. The Morgan fingerprint density at radius 1 is 1.20 bits per heavy atom. The number of benzene rings is 1. The maximum absolute atomic E-state index is 12.1. The predicted octanol–water partition coefficient (Wildman–Crippen LogP) is 0.414. The first-order valence-electron chi connectivity index (χ1n) is 7.91. The molecule has 1 heterocycles. The number of carbonyl (C=O) groups is 2. The van der Waals surface area contributed by atoms with Crippen molar-refractivity contribution in [1.82, 2.24) is 15.3 Å². The average molecular weight is 343 g/mol. The zero-order valence-electron chi connectivity index (χ0n) is 13.3. The van der Waals surface area contributed by atoms with Crippen LogP contribution >= 0.6 is 0 Å². The largest absolute Gasteiger partial charge is 0.451 e. The highest BCUT2D eigenvalue weighted by atomic mass is 16.5. The number of ether oxygens (including phenoxy) is 1. The van der Waals surface area contributed by atoms with E-state index in [4.69, 9.17) is 4.74 Å². The smallest absolute Gasteiger partial charge is 0.355 e. The Kier molecular flexibility index (Phi) is 4.78. The van der Waals surface area contributed by atoms with Gasteiger partial charge in [0, 0.05) is 6.07 Å². The molecule has 8 nitrogen and oxygen atoms in total. The van der Waals surface area contributed by atoms with Gasteiger partial charge in [0.25, 0.3) is 11.5 Å². The van der Waals surface area contributed by atoms with E-state index in [1.807, 2.05) is 29.2 Å². The fourth-order valence-corrected chi connectivity index (χ4v) is 2.93. The Bertz CT molecular complexity index is 886. The highest BCUT2D eigenvalue weighted by Gasteiger charge is 2.22. The molecule has 1 aliphatic rings. The van der Waals surface area contributed by atoms with E-state index < -0.39 is 29.7 Å². The highest BCUT2D eigenvalue weighted by Crippen LogP contribution is 2.29. The summed E-state index contributed by atoms with van der Waals surface area (Å²) in [6.45, 7) is -0.494. The molecule has 0 saturated heterocycles. The van der Waals surface area contributed by atoms with E-state index in [1.165, 1.54) is 5.56 Å². The molecular weight excluding hydrogens is 326 g/mol. The van der Waals surface area contributed by atoms with Crippen LogP contribution in [0.5, 0.6) is 0 Å². The maximum Gasteiger partial charge on any atom is 0.355 e. The summed E-state index contributed by atoms with van der Waals surface area (Å²) in [7, 11) is 0. The van der Waals surface area contributed by atoms with Crippen LogP contribution in [0.3, 0.4) is 0 Å². The molecule has 3 rings (SSSR count). The molecule has 1 aromatic heterocycles. The summed E-state index contributed by atoms with van der Waals surface area (Å²) in [6, 6.07) is 8.69. The first-order chi connectivity index (χ1) is 12.0. The second-order valence-corrected chi connectivity index (χ2v) is 5.79. The van der Waals surface area contributed by atoms with E-state index >= 15 is 0 Å². The molecule has 0 aliphatic heterocycles. The number of amides is 1. The van der Waals surface area contributed by atoms with Crippen LogP contribution in [-0.2, 0) is 16.0 Å². The standard InChI is InChI=1S/C17H17N3O5/c21-14-8-13(19-17(24)20-14)16(23)25-9-15(22)18-12-7-3-5-10-4-1-2-6-11(10)12/h1-2,4,6,8,12H,3,5,7,9H2,(H,18,22)(H2,19,20,21,24). The molecule has 1 amide bonds. The molecule has 1 unspecified atom stereocenters. The van der Waals surface area contributed by atoms with Crippen molar-refractivity contribution in [3.63, 3.8) is 0 Å². The third-order valence-electron chi connectivity index (χ3n) is 4.02. The van der Waals surface area contributed by atoms with Crippen LogP contribution < -0.4 is 16.6 Å². The van der Waals surface area contributed by atoms with Gasteiger partial charge in [0.2, 0.25) is 0 Å². The molecule has 3 N–H and O–H groups in total. The van der Waals surface area contributed by atoms with Crippen molar-refractivity contribution in [1.29, 1.82) is 0 Å². The number of rotatable bonds is 4. The Hall–Kier alpha value is -3.16. The molecule has 0 spiro atoms. The molecule has 130 valence electrons. The second-order valence-electron chi connectivity index (χ2n) is 5.79. The van der Waals surface area contributed by atoms with Gasteiger partial charge in [0.05, 0.1) is 6.04 Å². The average Bonchev–Trinajstić information content (AvgIpc) is 2.59. The first kappa shape index (κ1) is 16.7. The summed E-state index contributed by atoms with van der Waals surface area (Å²) in [5.41, 5.74) is 0.440. The minimum atomic E-state index is -0.942. The molecule has 2 aromatic rings. The molecule has 0 fully saturated rings. The van der Waals surface area contributed by atoms with Gasteiger partial charge in [-0.1, -0.05) is 24.3 Å². The zero-order valence-corrected chi connectivity index (χ0v) is 13.3. The van der Waals surface area contributed by atoms with E-state index in [9.17, 15) is 19.2 Å². The molecule has 8 heteroatoms. The number of aromatic nitrogens is 2. The van der Waals surface area contributed by atoms with E-state index in [1.54, 1.807) is 0 Å². The Morgan fingerprint density at radius 3 is 2.80 bits per heavy atom. The van der Waals surface area contributed by atoms with Gasteiger partial charge in [-0.15, -0.1) is 0 Å². The van der Waals surface area contributed by atoms with Crippen molar-refractivity contribution in [3.8, 4) is 0 Å². The third kappa shape index (κ3) is 4.03. The van der Waals surface area contributed by atoms with Gasteiger partial charge in [-0.25, -0.2) is 9.59 Å². The second kappa shape index (κ2) is 7.16. The van der Waals surface area contributed by atoms with Crippen molar-refractivity contribution in [2.75, 3.05) is 6.61 Å². The van der Waals surface area contributed by atoms with Gasteiger partial charge in [-0.05, 0) is 30.4 Å². The highest BCUT2D eigenvalue weighted by molar-refractivity contribution is 5.89. The number of carbonyl (C=O) groups excluding carboxylic acids is 2. The van der Waals surface area contributed by atoms with Gasteiger partial charge in [-0.3, -0.25) is 14.6 Å². The molecule has 25 heavy (non-hydrogen) atoms. The lowest BCUT2D eigenvalue weighted by atomic mass is 9.88. The summed E-state index contributed by atoms with van der Waals surface area (Å²) < 4.78 is 4.86. The number of hydrogen-bond donors (Lipinski definition) is 3. The molecule has 1 aliphatic carbocycles. The van der Waals surface area contributed by atoms with Crippen LogP contribution in [-0.4, -0.2) is 28.5 Å². The van der Waals surface area contributed by atoms with Crippen LogP contribution in [0.15, 0.2) is 39.9 Å². The molecule has 1 atom stereocenters. The number of hydrogen-bond acceptors (Lipinski definition) is 5. The number of esters is 1. The van der Waals surface area contributed by atoms with Crippen molar-refractivity contribution in [2.24, 2.45) is 0 Å². The van der Waals surface area contributed by atoms with Crippen LogP contribution in [0, 0.1) is 0 Å². The van der Waals surface area contributed by atoms with Gasteiger partial charge >= 0.3 is 11.7 Å². The lowest BCUT2D eigenvalue weighted by molar-refractivity contribution is -0.125. The van der Waals surface area contributed by atoms with Gasteiger partial charge in [0.1, 0.15) is 5.69 Å². The minimum Gasteiger partial charge on any atom is -0.451 e. The summed E-state index contributed by atoms with van der Waals surface area (Å²) in [5, 5.41) is 2.85. The zero-order chi connectivity index (χ0) is 17.8. The molecule has 0 bridgehead atoms. The summed E-state index contributed by atoms with van der Waals surface area (Å²) in [5.74, 6) is -1.38. The fraction of sp³-hybridized carbons (Fsp3) is 0.294. The van der Waals surface area contributed by atoms with Crippen LogP contribution in [0.2, 0.25) is 0 Å². The first-order valence-corrected chi connectivity index (χ1v) is 7.91. The van der Waals surface area contributed by atoms with Crippen molar-refractivity contribution in [2.45, 2.75) is 25.3 Å². The van der Waals surface area contributed by atoms with Crippen LogP contribution in [0.1, 0.15) is 40.5 Å². The van der Waals surface area contributed by atoms with E-state index in [0.717, 1.165) is 30.9 Å². The number of aryl methyl sites for hydroxylation is 1. The quantitative estimate of drug-likeness (QED) is 0.695. The number of aromatic amines is 2. The third-order valence-corrected chi connectivity index (χ3v) is 4.02. The van der Waals surface area contributed by atoms with Crippen molar-refractivity contribution >= 4 is 11.9 Å². The predicted molar refractivity (Wildman–Crippen MR) is 88.2 cm³/mol. The number of H-pyrrole nitrogens is 2. The van der Waals surface area contributed by atoms with Gasteiger partial charge in [0.15, 0.2) is 6.61 Å². The van der Waals surface area contributed by atoms with Gasteiger partial charge < -0.3 is 15.0 Å². The number of fused-ring (bicyclic) bond motifs is 1. The minimum absolute atomic E-state index is 0.115. The van der Waals surface area contributed by atoms with E-state index in [2.05, 4.69) is 10.3 Å². The van der Waals surface area contributed by atoms with E-state index in [0.29, 0.717) is 0 Å². The Balaban J connectivity index is 1.59. The maximum atomic E-state index is 12.1. The normalized spacial score (nSPS) is 15.9. The van der Waals surface area contributed by atoms with Crippen LogP contribution in [0.25, 0.3) is 0 Å².